The monoisotopic (exact) mass is 235 g/mol. The summed E-state index contributed by atoms with van der Waals surface area (Å²) in [6.07, 6.45) is 1.59. The topological polar surface area (TPSA) is 85.5 Å². The molecule has 6 nitrogen and oxygen atoms in total. The number of nitrogens with one attached hydrogen (secondary N) is 1. The molecule has 88 valence electrons. The van der Waals surface area contributed by atoms with E-state index in [2.05, 4.69) is 4.98 Å². The number of H-pyrrole nitrogens is 1. The number of carbonyl (C=O) groups excluding carboxylic acids is 3. The maximum Gasteiger partial charge on any atom is 0.385 e. The van der Waals surface area contributed by atoms with E-state index in [0.717, 1.165) is 0 Å². The van der Waals surface area contributed by atoms with Gasteiger partial charge in [0, 0.05) is 6.20 Å². The average Bonchev–Trinajstić information content (AvgIpc) is 2.88. The van der Waals surface area contributed by atoms with Crippen molar-refractivity contribution < 1.29 is 23.9 Å². The largest absolute Gasteiger partial charge is 0.462 e. The summed E-state index contributed by atoms with van der Waals surface area (Å²) in [4.78, 5) is 37.0. The van der Waals surface area contributed by atoms with Crippen LogP contribution in [0.2, 0.25) is 0 Å². The van der Waals surface area contributed by atoms with Gasteiger partial charge in [0.2, 0.25) is 0 Å². The quantitative estimate of drug-likeness (QED) is 0.466. The minimum atomic E-state index is -1.07. The molecule has 0 unspecified atom stereocenters. The van der Waals surface area contributed by atoms with Gasteiger partial charge in [0.25, 0.3) is 5.78 Å². The summed E-state index contributed by atoms with van der Waals surface area (Å²) in [5, 5.41) is 0. The standard InChI is InChI=1S/C11H9NO5/c1-2-16-10(14)7-8(13)11(15)17-9(7)6-4-3-5-12-6/h3-5,12H,2H2,1H3. The van der Waals surface area contributed by atoms with Crippen molar-refractivity contribution in [2.24, 2.45) is 0 Å². The van der Waals surface area contributed by atoms with Crippen molar-refractivity contribution in [2.75, 3.05) is 6.61 Å². The van der Waals surface area contributed by atoms with Crippen molar-refractivity contribution in [3.8, 4) is 0 Å². The van der Waals surface area contributed by atoms with E-state index in [0.29, 0.717) is 5.69 Å². The fourth-order valence-electron chi connectivity index (χ4n) is 1.45. The van der Waals surface area contributed by atoms with Crippen molar-refractivity contribution >= 4 is 23.5 Å². The Labute approximate surface area is 96.2 Å². The lowest BCUT2D eigenvalue weighted by Crippen LogP contribution is -2.17. The third-order valence-corrected chi connectivity index (χ3v) is 2.16. The van der Waals surface area contributed by atoms with Gasteiger partial charge in [-0.15, -0.1) is 0 Å². The van der Waals surface area contributed by atoms with Crippen LogP contribution in [-0.4, -0.2) is 29.3 Å². The summed E-state index contributed by atoms with van der Waals surface area (Å²) in [7, 11) is 0. The highest BCUT2D eigenvalue weighted by molar-refractivity contribution is 6.51. The summed E-state index contributed by atoms with van der Waals surface area (Å²) >= 11 is 0. The molecular formula is C11H9NO5. The van der Waals surface area contributed by atoms with E-state index >= 15 is 0 Å². The van der Waals surface area contributed by atoms with Crippen molar-refractivity contribution in [3.05, 3.63) is 29.6 Å². The minimum absolute atomic E-state index is 0.0801. The van der Waals surface area contributed by atoms with E-state index in [1.54, 1.807) is 25.3 Å². The number of esters is 2. The molecule has 2 heterocycles. The van der Waals surface area contributed by atoms with Crippen LogP contribution >= 0.6 is 0 Å². The van der Waals surface area contributed by atoms with Crippen LogP contribution in [0.25, 0.3) is 5.76 Å². The first-order chi connectivity index (χ1) is 8.15. The zero-order valence-corrected chi connectivity index (χ0v) is 8.98. The van der Waals surface area contributed by atoms with Crippen LogP contribution in [0.4, 0.5) is 0 Å². The number of carbonyl (C=O) groups is 3. The zero-order valence-electron chi connectivity index (χ0n) is 8.98. The van der Waals surface area contributed by atoms with E-state index < -0.39 is 17.7 Å². The van der Waals surface area contributed by atoms with Gasteiger partial charge >= 0.3 is 11.9 Å². The third kappa shape index (κ3) is 1.84. The Hall–Kier alpha value is -2.37. The van der Waals surface area contributed by atoms with Gasteiger partial charge in [-0.1, -0.05) is 0 Å². The lowest BCUT2D eigenvalue weighted by atomic mass is 10.1. The Morgan fingerprint density at radius 1 is 1.47 bits per heavy atom. The molecule has 0 fully saturated rings. The molecule has 2 rings (SSSR count). The lowest BCUT2D eigenvalue weighted by molar-refractivity contribution is -0.147. The molecule has 0 bridgehead atoms. The first-order valence-corrected chi connectivity index (χ1v) is 4.96. The van der Waals surface area contributed by atoms with E-state index in [1.807, 2.05) is 0 Å². The molecule has 0 atom stereocenters. The molecule has 6 heteroatoms. The van der Waals surface area contributed by atoms with Crippen LogP contribution < -0.4 is 0 Å². The SMILES string of the molecule is CCOC(=O)C1=C(c2ccc[nH]2)OC(=O)C1=O. The number of rotatable bonds is 3. The predicted octanol–water partition coefficient (Wildman–Crippen LogP) is 0.415. The van der Waals surface area contributed by atoms with Crippen LogP contribution in [0, 0.1) is 0 Å². The maximum absolute atomic E-state index is 11.6. The first-order valence-electron chi connectivity index (χ1n) is 4.96. The average molecular weight is 235 g/mol. The van der Waals surface area contributed by atoms with Crippen LogP contribution in [-0.2, 0) is 23.9 Å². The third-order valence-electron chi connectivity index (χ3n) is 2.16. The summed E-state index contributed by atoms with van der Waals surface area (Å²) in [5.41, 5.74) is 0.0200. The number of hydrogen-bond acceptors (Lipinski definition) is 5. The summed E-state index contributed by atoms with van der Waals surface area (Å²) in [5.74, 6) is -2.98. The number of aromatic nitrogens is 1. The van der Waals surface area contributed by atoms with Crippen molar-refractivity contribution in [3.63, 3.8) is 0 Å². The van der Waals surface area contributed by atoms with Gasteiger partial charge in [0.15, 0.2) is 11.3 Å². The van der Waals surface area contributed by atoms with Gasteiger partial charge in [0.05, 0.1) is 12.3 Å². The Morgan fingerprint density at radius 3 is 2.82 bits per heavy atom. The molecular weight excluding hydrogens is 226 g/mol. The first kappa shape index (κ1) is 11.1. The molecule has 1 aromatic rings. The molecule has 1 aliphatic heterocycles. The maximum atomic E-state index is 11.6. The molecule has 0 spiro atoms. The number of ketones is 1. The van der Waals surface area contributed by atoms with Gasteiger partial charge in [-0.05, 0) is 19.1 Å². The van der Waals surface area contributed by atoms with Crippen molar-refractivity contribution in [2.45, 2.75) is 6.92 Å². The summed E-state index contributed by atoms with van der Waals surface area (Å²) < 4.78 is 9.47. The second kappa shape index (κ2) is 4.25. The molecule has 0 aliphatic carbocycles. The normalized spacial score (nSPS) is 15.1. The number of Topliss-reactive ketones (excluding diaryl/α,β-unsaturated/α-hetero) is 1. The number of hydrogen-bond donors (Lipinski definition) is 1. The summed E-state index contributed by atoms with van der Waals surface area (Å²) in [6, 6.07) is 3.24. The number of cyclic esters (lactones) is 1. The molecule has 1 aliphatic rings. The van der Waals surface area contributed by atoms with Gasteiger partial charge in [-0.3, -0.25) is 4.79 Å². The molecule has 0 saturated heterocycles. The van der Waals surface area contributed by atoms with Crippen LogP contribution in [0.5, 0.6) is 0 Å². The van der Waals surface area contributed by atoms with E-state index in [9.17, 15) is 14.4 Å². The van der Waals surface area contributed by atoms with Crippen molar-refractivity contribution in [1.82, 2.24) is 4.98 Å². The van der Waals surface area contributed by atoms with E-state index in [4.69, 9.17) is 9.47 Å². The Morgan fingerprint density at radius 2 is 2.24 bits per heavy atom. The number of ether oxygens (including phenoxy) is 2. The lowest BCUT2D eigenvalue weighted by Gasteiger charge is -2.01. The highest BCUT2D eigenvalue weighted by Gasteiger charge is 2.40. The number of aromatic amines is 1. The molecule has 0 aromatic carbocycles. The minimum Gasteiger partial charge on any atom is -0.462 e. The highest BCUT2D eigenvalue weighted by atomic mass is 16.6. The molecule has 17 heavy (non-hydrogen) atoms. The van der Waals surface area contributed by atoms with E-state index in [1.165, 1.54) is 0 Å². The molecule has 0 amide bonds. The highest BCUT2D eigenvalue weighted by Crippen LogP contribution is 2.26. The Kier molecular flexibility index (Phi) is 2.78. The predicted molar refractivity (Wildman–Crippen MR) is 55.4 cm³/mol. The fourth-order valence-corrected chi connectivity index (χ4v) is 1.45. The van der Waals surface area contributed by atoms with Crippen LogP contribution in [0.3, 0.4) is 0 Å². The van der Waals surface area contributed by atoms with Gasteiger partial charge in [-0.2, -0.15) is 0 Å². The molecule has 1 aromatic heterocycles. The molecule has 0 saturated carbocycles. The van der Waals surface area contributed by atoms with Crippen molar-refractivity contribution in [1.29, 1.82) is 0 Å². The fraction of sp³-hybridized carbons (Fsp3) is 0.182. The van der Waals surface area contributed by atoms with Gasteiger partial charge < -0.3 is 14.5 Å². The van der Waals surface area contributed by atoms with Crippen LogP contribution in [0.1, 0.15) is 12.6 Å². The Balaban J connectivity index is 2.46. The van der Waals surface area contributed by atoms with E-state index in [-0.39, 0.29) is 17.9 Å². The smallest absolute Gasteiger partial charge is 0.385 e. The summed E-state index contributed by atoms with van der Waals surface area (Å²) in [6.45, 7) is 1.72. The van der Waals surface area contributed by atoms with Crippen LogP contribution in [0.15, 0.2) is 23.9 Å². The second-order valence-corrected chi connectivity index (χ2v) is 3.23. The van der Waals surface area contributed by atoms with Gasteiger partial charge in [0.1, 0.15) is 0 Å². The zero-order chi connectivity index (χ0) is 12.4. The second-order valence-electron chi connectivity index (χ2n) is 3.23. The Bertz CT molecular complexity index is 512. The molecule has 0 radical (unpaired) electrons. The molecule has 1 N–H and O–H groups in total. The van der Waals surface area contributed by atoms with Gasteiger partial charge in [-0.25, -0.2) is 9.59 Å².